The van der Waals surface area contributed by atoms with Gasteiger partial charge in [0.25, 0.3) is 0 Å². The smallest absolute Gasteiger partial charge is 0.324 e. The number of sulfone groups is 1. The lowest BCUT2D eigenvalue weighted by atomic mass is 10.2. The minimum Gasteiger partial charge on any atom is -0.459 e. The molecule has 94 valence electrons. The van der Waals surface area contributed by atoms with E-state index in [0.29, 0.717) is 5.57 Å². The van der Waals surface area contributed by atoms with E-state index in [1.807, 2.05) is 0 Å². The highest BCUT2D eigenvalue weighted by Gasteiger charge is 2.31. The highest BCUT2D eigenvalue weighted by atomic mass is 32.2. The van der Waals surface area contributed by atoms with Crippen molar-refractivity contribution in [1.29, 1.82) is 0 Å². The predicted molar refractivity (Wildman–Crippen MR) is 63.9 cm³/mol. The molecule has 1 unspecified atom stereocenters. The first-order chi connectivity index (χ1) is 6.96. The van der Waals surface area contributed by atoms with E-state index in [0.717, 1.165) is 0 Å². The monoisotopic (exact) mass is 248 g/mol. The highest BCUT2D eigenvalue weighted by molar-refractivity contribution is 7.92. The van der Waals surface area contributed by atoms with Crippen molar-refractivity contribution >= 4 is 15.8 Å². The Morgan fingerprint density at radius 2 is 1.81 bits per heavy atom. The van der Waals surface area contributed by atoms with Crippen LogP contribution in [0.1, 0.15) is 34.6 Å². The lowest BCUT2D eigenvalue weighted by Gasteiger charge is -2.22. The number of ether oxygens (including phenoxy) is 1. The minimum absolute atomic E-state index is 0.187. The molecule has 4 nitrogen and oxygen atoms in total. The average molecular weight is 248 g/mol. The Kier molecular flexibility index (Phi) is 4.73. The molecule has 0 spiro atoms. The second-order valence-electron chi connectivity index (χ2n) is 4.94. The van der Waals surface area contributed by atoms with Gasteiger partial charge in [-0.2, -0.15) is 0 Å². The van der Waals surface area contributed by atoms with Gasteiger partial charge in [0.15, 0.2) is 15.1 Å². The van der Waals surface area contributed by atoms with Crippen LogP contribution in [0.15, 0.2) is 12.2 Å². The lowest BCUT2D eigenvalue weighted by Crippen LogP contribution is -2.36. The fraction of sp³-hybridized carbons (Fsp3) is 0.727. The zero-order chi connectivity index (χ0) is 13.1. The van der Waals surface area contributed by atoms with Crippen molar-refractivity contribution in [3.05, 3.63) is 12.2 Å². The number of esters is 1. The van der Waals surface area contributed by atoms with E-state index < -0.39 is 26.7 Å². The van der Waals surface area contributed by atoms with E-state index in [9.17, 15) is 13.2 Å². The summed E-state index contributed by atoms with van der Waals surface area (Å²) in [6, 6.07) is 0. The molecule has 0 saturated heterocycles. The maximum absolute atomic E-state index is 11.7. The molecule has 1 atom stereocenters. The van der Waals surface area contributed by atoms with Crippen LogP contribution in [-0.2, 0) is 19.4 Å². The Hall–Kier alpha value is -0.840. The quantitative estimate of drug-likeness (QED) is 0.561. The molecule has 0 bridgehead atoms. The molecule has 0 aromatic rings. The van der Waals surface area contributed by atoms with E-state index >= 15 is 0 Å². The Morgan fingerprint density at radius 3 is 2.12 bits per heavy atom. The third-order valence-electron chi connectivity index (χ3n) is 1.72. The third-order valence-corrected chi connectivity index (χ3v) is 3.89. The van der Waals surface area contributed by atoms with Crippen LogP contribution in [0.25, 0.3) is 0 Å². The van der Waals surface area contributed by atoms with Crippen molar-refractivity contribution in [3.63, 3.8) is 0 Å². The molecule has 0 N–H and O–H groups in total. The summed E-state index contributed by atoms with van der Waals surface area (Å²) in [5.74, 6) is -0.901. The number of rotatable bonds is 4. The summed E-state index contributed by atoms with van der Waals surface area (Å²) in [5.41, 5.74) is -0.167. The molecular formula is C11H20O4S. The predicted octanol–water partition coefficient (Wildman–Crippen LogP) is 1.71. The Morgan fingerprint density at radius 1 is 1.38 bits per heavy atom. The van der Waals surface area contributed by atoms with E-state index in [1.54, 1.807) is 27.7 Å². The Balaban J connectivity index is 4.74. The lowest BCUT2D eigenvalue weighted by molar-refractivity contribution is -0.153. The molecular weight excluding hydrogens is 228 g/mol. The molecule has 5 heteroatoms. The first kappa shape index (κ1) is 15.2. The van der Waals surface area contributed by atoms with Gasteiger partial charge in [0.1, 0.15) is 5.60 Å². The molecule has 0 heterocycles. The molecule has 0 saturated carbocycles. The molecule has 0 amide bonds. The maximum atomic E-state index is 11.7. The van der Waals surface area contributed by atoms with Gasteiger partial charge in [-0.25, -0.2) is 8.42 Å². The summed E-state index contributed by atoms with van der Waals surface area (Å²) in [5, 5.41) is -1.15. The second kappa shape index (κ2) is 4.99. The fourth-order valence-corrected chi connectivity index (χ4v) is 2.28. The molecule has 0 radical (unpaired) electrons. The van der Waals surface area contributed by atoms with Gasteiger partial charge in [-0.15, -0.1) is 0 Å². The van der Waals surface area contributed by atoms with Crippen molar-refractivity contribution in [2.75, 3.05) is 5.75 Å². The number of carbonyl (C=O) groups is 1. The van der Waals surface area contributed by atoms with Gasteiger partial charge in [-0.3, -0.25) is 4.79 Å². The fourth-order valence-electron chi connectivity index (χ4n) is 1.000. The zero-order valence-corrected chi connectivity index (χ0v) is 11.3. The number of hydrogen-bond donors (Lipinski definition) is 0. The molecule has 16 heavy (non-hydrogen) atoms. The van der Waals surface area contributed by atoms with Crippen LogP contribution in [0.2, 0.25) is 0 Å². The third kappa shape index (κ3) is 5.30. The SMILES string of the molecule is C=C(C)CS(=O)(=O)C(C)C(=O)OC(C)(C)C. The first-order valence-corrected chi connectivity index (χ1v) is 6.76. The molecule has 0 rings (SSSR count). The van der Waals surface area contributed by atoms with Gasteiger partial charge >= 0.3 is 5.97 Å². The number of hydrogen-bond acceptors (Lipinski definition) is 4. The van der Waals surface area contributed by atoms with Gasteiger partial charge in [0.2, 0.25) is 0 Å². The molecule has 0 aromatic heterocycles. The van der Waals surface area contributed by atoms with E-state index in [4.69, 9.17) is 4.74 Å². The first-order valence-electron chi connectivity index (χ1n) is 5.04. The van der Waals surface area contributed by atoms with E-state index in [1.165, 1.54) is 6.92 Å². The minimum atomic E-state index is -3.51. The van der Waals surface area contributed by atoms with Crippen molar-refractivity contribution in [2.24, 2.45) is 0 Å². The average Bonchev–Trinajstić information content (AvgIpc) is 1.96. The normalized spacial score (nSPS) is 14.3. The zero-order valence-electron chi connectivity index (χ0n) is 10.5. The van der Waals surface area contributed by atoms with Crippen LogP contribution in [0.3, 0.4) is 0 Å². The van der Waals surface area contributed by atoms with Crippen molar-refractivity contribution in [3.8, 4) is 0 Å². The van der Waals surface area contributed by atoms with Crippen molar-refractivity contribution in [1.82, 2.24) is 0 Å². The van der Waals surface area contributed by atoms with Crippen molar-refractivity contribution in [2.45, 2.75) is 45.5 Å². The van der Waals surface area contributed by atoms with Crippen LogP contribution in [-0.4, -0.2) is 31.0 Å². The van der Waals surface area contributed by atoms with Gasteiger partial charge in [0, 0.05) is 0 Å². The standard InChI is InChI=1S/C11H20O4S/c1-8(2)7-16(13,14)9(3)10(12)15-11(4,5)6/h9H,1,7H2,2-6H3. The Bertz CT molecular complexity index is 373. The van der Waals surface area contributed by atoms with Crippen LogP contribution < -0.4 is 0 Å². The van der Waals surface area contributed by atoms with Crippen molar-refractivity contribution < 1.29 is 17.9 Å². The molecule has 0 fully saturated rings. The van der Waals surface area contributed by atoms with Crippen LogP contribution in [0.4, 0.5) is 0 Å². The molecule has 0 aliphatic heterocycles. The molecule has 0 aliphatic rings. The summed E-state index contributed by atoms with van der Waals surface area (Å²) in [6.45, 7) is 11.6. The van der Waals surface area contributed by atoms with Crippen LogP contribution in [0.5, 0.6) is 0 Å². The van der Waals surface area contributed by atoms with Crippen LogP contribution in [0, 0.1) is 0 Å². The van der Waals surface area contributed by atoms with Gasteiger partial charge in [-0.1, -0.05) is 12.2 Å². The largest absolute Gasteiger partial charge is 0.459 e. The second-order valence-corrected chi connectivity index (χ2v) is 7.26. The van der Waals surface area contributed by atoms with E-state index in [2.05, 4.69) is 6.58 Å². The summed E-state index contributed by atoms with van der Waals surface area (Å²) in [4.78, 5) is 11.6. The van der Waals surface area contributed by atoms with Gasteiger partial charge in [0.05, 0.1) is 5.75 Å². The maximum Gasteiger partial charge on any atom is 0.324 e. The highest BCUT2D eigenvalue weighted by Crippen LogP contribution is 2.13. The van der Waals surface area contributed by atoms with Gasteiger partial charge < -0.3 is 4.74 Å². The van der Waals surface area contributed by atoms with Gasteiger partial charge in [-0.05, 0) is 34.6 Å². The summed E-state index contributed by atoms with van der Waals surface area (Å²) in [7, 11) is -3.51. The van der Waals surface area contributed by atoms with E-state index in [-0.39, 0.29) is 5.75 Å². The Labute approximate surface area is 97.6 Å². The molecule has 0 aliphatic carbocycles. The van der Waals surface area contributed by atoms with Crippen LogP contribution >= 0.6 is 0 Å². The summed E-state index contributed by atoms with van der Waals surface area (Å²) >= 11 is 0. The molecule has 0 aromatic carbocycles. The topological polar surface area (TPSA) is 60.4 Å². The summed E-state index contributed by atoms with van der Waals surface area (Å²) in [6.07, 6.45) is 0. The number of carbonyl (C=O) groups excluding carboxylic acids is 1. The summed E-state index contributed by atoms with van der Waals surface area (Å²) < 4.78 is 28.4.